The van der Waals surface area contributed by atoms with Gasteiger partial charge in [-0.1, -0.05) is 0 Å². The number of nitrogens with one attached hydrogen (secondary N) is 1. The smallest absolute Gasteiger partial charge is 0.350 e. The molecule has 1 N–H and O–H groups in total. The van der Waals surface area contributed by atoms with Gasteiger partial charge in [-0.25, -0.2) is 13.2 Å². The van der Waals surface area contributed by atoms with Gasteiger partial charge in [-0.2, -0.15) is 9.57 Å². The number of sulfonamides is 1. The fourth-order valence-corrected chi connectivity index (χ4v) is 3.91. The van der Waals surface area contributed by atoms with Crippen LogP contribution in [-0.2, 0) is 19.6 Å². The van der Waals surface area contributed by atoms with E-state index in [2.05, 4.69) is 10.1 Å². The number of likely N-dealkylation sites (N-methyl/N-ethyl adjacent to an activating group) is 1. The van der Waals surface area contributed by atoms with E-state index in [1.165, 1.54) is 44.5 Å². The summed E-state index contributed by atoms with van der Waals surface area (Å²) in [4.78, 5) is 23.9. The van der Waals surface area contributed by atoms with Gasteiger partial charge in [0.25, 0.3) is 0 Å². The first-order valence-electron chi connectivity index (χ1n) is 7.21. The molecule has 136 valence electrons. The van der Waals surface area contributed by atoms with Crippen LogP contribution in [0.2, 0.25) is 0 Å². The van der Waals surface area contributed by atoms with Crippen LogP contribution in [0.5, 0.6) is 0 Å². The second kappa shape index (κ2) is 8.09. The van der Waals surface area contributed by atoms with Crippen molar-refractivity contribution < 1.29 is 22.7 Å². The van der Waals surface area contributed by atoms with Gasteiger partial charge < -0.3 is 10.1 Å². The van der Waals surface area contributed by atoms with E-state index < -0.39 is 28.4 Å². The van der Waals surface area contributed by atoms with Crippen LogP contribution in [0.4, 0.5) is 5.69 Å². The number of carbonyl (C=O) groups is 2. The van der Waals surface area contributed by atoms with Crippen molar-refractivity contribution in [1.82, 2.24) is 4.31 Å². The lowest BCUT2D eigenvalue weighted by Crippen LogP contribution is -2.35. The first kappa shape index (κ1) is 19.6. The summed E-state index contributed by atoms with van der Waals surface area (Å²) in [6, 6.07) is 8.80. The molecule has 0 saturated heterocycles. The van der Waals surface area contributed by atoms with E-state index >= 15 is 0 Å². The molecule has 10 heteroatoms. The van der Waals surface area contributed by atoms with Crippen molar-refractivity contribution in [2.75, 3.05) is 26.0 Å². The third-order valence-electron chi connectivity index (χ3n) is 3.37. The van der Waals surface area contributed by atoms with Crippen LogP contribution in [-0.4, -0.2) is 45.3 Å². The van der Waals surface area contributed by atoms with Crippen molar-refractivity contribution in [2.45, 2.75) is 4.90 Å². The molecule has 0 radical (unpaired) electrons. The normalized spacial score (nSPS) is 11.0. The summed E-state index contributed by atoms with van der Waals surface area (Å²) in [5, 5.41) is 12.9. The molecule has 8 nitrogen and oxygen atoms in total. The van der Waals surface area contributed by atoms with Crippen LogP contribution in [0, 0.1) is 11.3 Å². The molecular formula is C16H15N3O5S2. The summed E-state index contributed by atoms with van der Waals surface area (Å²) in [6.45, 7) is -0.446. The molecular weight excluding hydrogens is 378 g/mol. The highest BCUT2D eigenvalue weighted by molar-refractivity contribution is 7.89. The Morgan fingerprint density at radius 1 is 1.27 bits per heavy atom. The third kappa shape index (κ3) is 4.26. The molecule has 0 aliphatic rings. The SMILES string of the molecule is COC(=O)c1sccc1NC(=O)CN(C)S(=O)(=O)c1ccc(C#N)cc1. The Hall–Kier alpha value is -2.74. The van der Waals surface area contributed by atoms with E-state index in [4.69, 9.17) is 5.26 Å². The van der Waals surface area contributed by atoms with Gasteiger partial charge >= 0.3 is 5.97 Å². The average Bonchev–Trinajstić information content (AvgIpc) is 3.08. The Bertz CT molecular complexity index is 959. The van der Waals surface area contributed by atoms with Crippen molar-refractivity contribution in [1.29, 1.82) is 5.26 Å². The van der Waals surface area contributed by atoms with E-state index in [1.54, 1.807) is 5.38 Å². The number of rotatable bonds is 6. The van der Waals surface area contributed by atoms with E-state index in [1.807, 2.05) is 6.07 Å². The lowest BCUT2D eigenvalue weighted by atomic mass is 10.2. The number of methoxy groups -OCH3 is 1. The maximum absolute atomic E-state index is 12.5. The van der Waals surface area contributed by atoms with Crippen LogP contribution in [0.15, 0.2) is 40.6 Å². The van der Waals surface area contributed by atoms with Crippen LogP contribution in [0.25, 0.3) is 0 Å². The molecule has 2 aromatic rings. The number of ether oxygens (including phenoxy) is 1. The second-order valence-electron chi connectivity index (χ2n) is 5.10. The highest BCUT2D eigenvalue weighted by atomic mass is 32.2. The zero-order valence-corrected chi connectivity index (χ0v) is 15.6. The molecule has 1 aromatic carbocycles. The number of nitrogens with zero attached hydrogens (tertiary/aromatic N) is 2. The number of carbonyl (C=O) groups excluding carboxylic acids is 2. The number of thiophene rings is 1. The summed E-state index contributed by atoms with van der Waals surface area (Å²) in [6.07, 6.45) is 0. The Kier molecular flexibility index (Phi) is 6.10. The van der Waals surface area contributed by atoms with Crippen molar-refractivity contribution in [3.8, 4) is 6.07 Å². The number of hydrogen-bond donors (Lipinski definition) is 1. The van der Waals surface area contributed by atoms with E-state index in [0.717, 1.165) is 15.6 Å². The molecule has 2 rings (SSSR count). The Morgan fingerprint density at radius 3 is 2.50 bits per heavy atom. The monoisotopic (exact) mass is 393 g/mol. The van der Waals surface area contributed by atoms with Crippen LogP contribution < -0.4 is 5.32 Å². The molecule has 1 amide bonds. The summed E-state index contributed by atoms with van der Waals surface area (Å²) in [5.41, 5.74) is 0.591. The van der Waals surface area contributed by atoms with Gasteiger partial charge in [-0.3, -0.25) is 4.79 Å². The third-order valence-corrected chi connectivity index (χ3v) is 6.08. The standard InChI is InChI=1S/C16H15N3O5S2/c1-19(26(22,23)12-5-3-11(9-17)4-6-12)10-14(20)18-13-7-8-25-15(13)16(21)24-2/h3-8H,10H2,1-2H3,(H,18,20). The minimum absolute atomic E-state index is 0.0300. The number of hydrogen-bond acceptors (Lipinski definition) is 7. The zero-order chi connectivity index (χ0) is 19.3. The van der Waals surface area contributed by atoms with Gasteiger partial charge in [0, 0.05) is 7.05 Å². The van der Waals surface area contributed by atoms with Gasteiger partial charge in [0.2, 0.25) is 15.9 Å². The predicted octanol–water partition coefficient (Wildman–Crippen LogP) is 1.67. The number of benzene rings is 1. The Balaban J connectivity index is 2.10. The first-order chi connectivity index (χ1) is 12.3. The first-order valence-corrected chi connectivity index (χ1v) is 9.53. The quantitative estimate of drug-likeness (QED) is 0.746. The maximum Gasteiger partial charge on any atom is 0.350 e. The number of esters is 1. The Labute approximate surface area is 154 Å². The van der Waals surface area contributed by atoms with E-state index in [-0.39, 0.29) is 15.5 Å². The molecule has 1 heterocycles. The molecule has 26 heavy (non-hydrogen) atoms. The zero-order valence-electron chi connectivity index (χ0n) is 13.9. The summed E-state index contributed by atoms with van der Waals surface area (Å²) in [7, 11) is -1.40. The molecule has 0 unspecified atom stereocenters. The number of nitriles is 1. The predicted molar refractivity (Wildman–Crippen MR) is 95.3 cm³/mol. The van der Waals surface area contributed by atoms with Crippen LogP contribution >= 0.6 is 11.3 Å². The minimum atomic E-state index is -3.89. The Morgan fingerprint density at radius 2 is 1.92 bits per heavy atom. The van der Waals surface area contributed by atoms with Gasteiger partial charge in [-0.15, -0.1) is 11.3 Å². The number of amides is 1. The molecule has 0 aliphatic carbocycles. The van der Waals surface area contributed by atoms with Gasteiger partial charge in [-0.05, 0) is 35.7 Å². The van der Waals surface area contributed by atoms with Crippen molar-refractivity contribution in [3.05, 3.63) is 46.2 Å². The minimum Gasteiger partial charge on any atom is -0.465 e. The van der Waals surface area contributed by atoms with Crippen LogP contribution in [0.1, 0.15) is 15.2 Å². The fraction of sp³-hybridized carbons (Fsp3) is 0.188. The summed E-state index contributed by atoms with van der Waals surface area (Å²) >= 11 is 1.10. The highest BCUT2D eigenvalue weighted by Crippen LogP contribution is 2.23. The lowest BCUT2D eigenvalue weighted by molar-refractivity contribution is -0.116. The van der Waals surface area contributed by atoms with Crippen LogP contribution in [0.3, 0.4) is 0 Å². The van der Waals surface area contributed by atoms with Gasteiger partial charge in [0.1, 0.15) is 4.88 Å². The molecule has 1 aromatic heterocycles. The molecule has 0 bridgehead atoms. The summed E-state index contributed by atoms with van der Waals surface area (Å²) in [5.74, 6) is -1.19. The molecule has 0 saturated carbocycles. The second-order valence-corrected chi connectivity index (χ2v) is 8.06. The van der Waals surface area contributed by atoms with Gasteiger partial charge in [0.05, 0.1) is 35.9 Å². The van der Waals surface area contributed by atoms with E-state index in [0.29, 0.717) is 5.56 Å². The van der Waals surface area contributed by atoms with Gasteiger partial charge in [0.15, 0.2) is 0 Å². The molecule has 0 aliphatic heterocycles. The van der Waals surface area contributed by atoms with Crippen molar-refractivity contribution in [3.63, 3.8) is 0 Å². The van der Waals surface area contributed by atoms with Crippen molar-refractivity contribution in [2.24, 2.45) is 0 Å². The molecule has 0 atom stereocenters. The summed E-state index contributed by atoms with van der Waals surface area (Å²) < 4.78 is 30.5. The average molecular weight is 393 g/mol. The highest BCUT2D eigenvalue weighted by Gasteiger charge is 2.24. The largest absolute Gasteiger partial charge is 0.465 e. The lowest BCUT2D eigenvalue weighted by Gasteiger charge is -2.17. The maximum atomic E-state index is 12.5. The topological polar surface area (TPSA) is 117 Å². The fourth-order valence-electron chi connectivity index (χ4n) is 2.02. The van der Waals surface area contributed by atoms with E-state index in [9.17, 15) is 18.0 Å². The molecule has 0 fully saturated rings. The van der Waals surface area contributed by atoms with Crippen molar-refractivity contribution >= 4 is 38.9 Å². The molecule has 0 spiro atoms. The number of anilines is 1.